The highest BCUT2D eigenvalue weighted by Crippen LogP contribution is 2.34. The summed E-state index contributed by atoms with van der Waals surface area (Å²) >= 11 is 0. The number of fused-ring (bicyclic) bond motifs is 1. The molecule has 10 heteroatoms. The van der Waals surface area contributed by atoms with E-state index in [1.807, 2.05) is 13.8 Å². The quantitative estimate of drug-likeness (QED) is 0.601. The topological polar surface area (TPSA) is 126 Å². The maximum absolute atomic E-state index is 12.8. The summed E-state index contributed by atoms with van der Waals surface area (Å²) in [6.07, 6.45) is 0.210. The first kappa shape index (κ1) is 20.4. The molecule has 0 spiro atoms. The number of amides is 6. The molecule has 0 radical (unpaired) electrons. The van der Waals surface area contributed by atoms with Crippen LogP contribution in [0.4, 0.5) is 9.59 Å². The Labute approximate surface area is 167 Å². The first-order chi connectivity index (χ1) is 13.7. The summed E-state index contributed by atoms with van der Waals surface area (Å²) in [4.78, 5) is 49.7. The van der Waals surface area contributed by atoms with Crippen LogP contribution in [0.3, 0.4) is 0 Å². The number of nitrogens with zero attached hydrogens (tertiary/aromatic N) is 1. The van der Waals surface area contributed by atoms with Crippen LogP contribution in [-0.2, 0) is 16.0 Å². The monoisotopic (exact) mass is 404 g/mol. The van der Waals surface area contributed by atoms with Crippen molar-refractivity contribution in [2.24, 2.45) is 5.92 Å². The first-order valence-electron chi connectivity index (χ1n) is 9.28. The van der Waals surface area contributed by atoms with Gasteiger partial charge in [0.05, 0.1) is 0 Å². The molecule has 1 aromatic rings. The van der Waals surface area contributed by atoms with Crippen molar-refractivity contribution in [3.8, 4) is 11.5 Å². The third-order valence-electron chi connectivity index (χ3n) is 4.57. The maximum atomic E-state index is 12.8. The molecule has 2 heterocycles. The zero-order chi connectivity index (χ0) is 21.2. The van der Waals surface area contributed by atoms with E-state index < -0.39 is 36.0 Å². The van der Waals surface area contributed by atoms with E-state index in [1.165, 1.54) is 0 Å². The fraction of sp³-hybridized carbons (Fsp3) is 0.474. The van der Waals surface area contributed by atoms with Crippen LogP contribution < -0.4 is 25.4 Å². The van der Waals surface area contributed by atoms with Gasteiger partial charge in [0.15, 0.2) is 11.5 Å². The molecule has 0 saturated carbocycles. The van der Waals surface area contributed by atoms with Crippen molar-refractivity contribution < 1.29 is 28.7 Å². The molecule has 156 valence electrons. The van der Waals surface area contributed by atoms with Gasteiger partial charge in [-0.25, -0.2) is 9.59 Å². The first-order valence-corrected chi connectivity index (χ1v) is 9.28. The van der Waals surface area contributed by atoms with Crippen molar-refractivity contribution in [3.63, 3.8) is 0 Å². The number of nitrogens with one attached hydrogen (secondary N) is 3. The molecule has 3 N–H and O–H groups in total. The van der Waals surface area contributed by atoms with E-state index in [9.17, 15) is 19.2 Å². The summed E-state index contributed by atoms with van der Waals surface area (Å²) < 4.78 is 10.6. The molecule has 1 saturated heterocycles. The molecule has 0 bridgehead atoms. The van der Waals surface area contributed by atoms with Gasteiger partial charge in [-0.2, -0.15) is 0 Å². The lowest BCUT2D eigenvalue weighted by atomic mass is 9.92. The van der Waals surface area contributed by atoms with Crippen molar-refractivity contribution in [2.45, 2.75) is 32.7 Å². The van der Waals surface area contributed by atoms with Crippen LogP contribution in [0.25, 0.3) is 0 Å². The Morgan fingerprint density at radius 1 is 1.24 bits per heavy atom. The molecule has 6 amide bonds. The number of hydrogen-bond acceptors (Lipinski definition) is 6. The smallest absolute Gasteiger partial charge is 0.325 e. The number of benzene rings is 1. The molecular formula is C19H24N4O6. The van der Waals surface area contributed by atoms with Crippen molar-refractivity contribution >= 4 is 23.9 Å². The Balaban J connectivity index is 1.61. The van der Waals surface area contributed by atoms with Crippen molar-refractivity contribution in [1.29, 1.82) is 0 Å². The molecule has 0 unspecified atom stereocenters. The van der Waals surface area contributed by atoms with Crippen LogP contribution in [0, 0.1) is 5.92 Å². The highest BCUT2D eigenvalue weighted by Gasteiger charge is 2.48. The Morgan fingerprint density at radius 2 is 1.97 bits per heavy atom. The Morgan fingerprint density at radius 3 is 2.69 bits per heavy atom. The number of urea groups is 2. The van der Waals surface area contributed by atoms with Crippen LogP contribution in [0.15, 0.2) is 18.2 Å². The van der Waals surface area contributed by atoms with E-state index >= 15 is 0 Å². The maximum Gasteiger partial charge on any atom is 0.325 e. The molecule has 0 aliphatic carbocycles. The highest BCUT2D eigenvalue weighted by molar-refractivity contribution is 6.09. The predicted molar refractivity (Wildman–Crippen MR) is 101 cm³/mol. The van der Waals surface area contributed by atoms with Crippen LogP contribution in [0.2, 0.25) is 0 Å². The number of hydrogen-bond donors (Lipinski definition) is 3. The molecule has 1 atom stereocenters. The van der Waals surface area contributed by atoms with Gasteiger partial charge >= 0.3 is 12.1 Å². The van der Waals surface area contributed by atoms with Gasteiger partial charge in [0.1, 0.15) is 12.1 Å². The third-order valence-corrected chi connectivity index (χ3v) is 4.57. The second-order valence-electron chi connectivity index (χ2n) is 7.67. The van der Waals surface area contributed by atoms with Crippen molar-refractivity contribution in [1.82, 2.24) is 20.9 Å². The van der Waals surface area contributed by atoms with E-state index in [0.29, 0.717) is 18.0 Å². The van der Waals surface area contributed by atoms with Gasteiger partial charge in [-0.1, -0.05) is 19.9 Å². The van der Waals surface area contributed by atoms with Crippen molar-refractivity contribution in [2.75, 3.05) is 19.9 Å². The Bertz CT molecular complexity index is 855. The molecule has 2 aliphatic rings. The van der Waals surface area contributed by atoms with Crippen LogP contribution in [-0.4, -0.2) is 54.2 Å². The fourth-order valence-corrected chi connectivity index (χ4v) is 3.12. The summed E-state index contributed by atoms with van der Waals surface area (Å²) in [5.41, 5.74) is -0.449. The molecule has 3 rings (SSSR count). The summed E-state index contributed by atoms with van der Waals surface area (Å²) in [7, 11) is 0. The lowest BCUT2D eigenvalue weighted by Gasteiger charge is -2.21. The Kier molecular flexibility index (Phi) is 5.62. The summed E-state index contributed by atoms with van der Waals surface area (Å²) in [5, 5.41) is 7.28. The van der Waals surface area contributed by atoms with E-state index in [-0.39, 0.29) is 19.1 Å². The summed E-state index contributed by atoms with van der Waals surface area (Å²) in [6.45, 7) is 5.41. The second kappa shape index (κ2) is 7.98. The SMILES string of the molecule is CC(C)CNC(=O)NC(=O)CN1C(=O)N[C@@](C)(Cc2ccc3c(c2)OCO3)C1=O. The third kappa shape index (κ3) is 4.58. The lowest BCUT2D eigenvalue weighted by molar-refractivity contribution is -0.134. The molecule has 2 aliphatic heterocycles. The minimum Gasteiger partial charge on any atom is -0.454 e. The van der Waals surface area contributed by atoms with E-state index in [1.54, 1.807) is 25.1 Å². The van der Waals surface area contributed by atoms with Gasteiger partial charge in [0.25, 0.3) is 5.91 Å². The van der Waals surface area contributed by atoms with Gasteiger partial charge in [0, 0.05) is 13.0 Å². The molecular weight excluding hydrogens is 380 g/mol. The standard InChI is InChI=1S/C19H24N4O6/c1-11(2)8-20-17(26)21-15(24)9-23-16(25)19(3,22-18(23)27)7-12-4-5-13-14(6-12)29-10-28-13/h4-6,11H,7-10H2,1-3H3,(H,22,27)(H2,20,21,24,26)/t19-/m0/s1. The van der Waals surface area contributed by atoms with E-state index in [0.717, 1.165) is 10.5 Å². The summed E-state index contributed by atoms with van der Waals surface area (Å²) in [5.74, 6) is 0.125. The minimum atomic E-state index is -1.22. The lowest BCUT2D eigenvalue weighted by Crippen LogP contribution is -2.48. The van der Waals surface area contributed by atoms with Crippen LogP contribution in [0.1, 0.15) is 26.3 Å². The number of ether oxygens (including phenoxy) is 2. The van der Waals surface area contributed by atoms with Crippen LogP contribution >= 0.6 is 0 Å². The van der Waals surface area contributed by atoms with Gasteiger partial charge in [-0.3, -0.25) is 19.8 Å². The van der Waals surface area contributed by atoms with Gasteiger partial charge in [-0.05, 0) is 30.5 Å². The minimum absolute atomic E-state index is 0.138. The molecule has 10 nitrogen and oxygen atoms in total. The molecule has 1 aromatic carbocycles. The normalized spacial score (nSPS) is 20.1. The number of carbonyl (C=O) groups is 4. The van der Waals surface area contributed by atoms with E-state index in [4.69, 9.17) is 9.47 Å². The zero-order valence-corrected chi connectivity index (χ0v) is 16.5. The summed E-state index contributed by atoms with van der Waals surface area (Å²) in [6, 6.07) is 3.92. The molecule has 1 fully saturated rings. The van der Waals surface area contributed by atoms with Gasteiger partial charge in [-0.15, -0.1) is 0 Å². The predicted octanol–water partition coefficient (Wildman–Crippen LogP) is 0.750. The van der Waals surface area contributed by atoms with Crippen LogP contribution in [0.5, 0.6) is 11.5 Å². The highest BCUT2D eigenvalue weighted by atomic mass is 16.7. The second-order valence-corrected chi connectivity index (χ2v) is 7.67. The fourth-order valence-electron chi connectivity index (χ4n) is 3.12. The number of imide groups is 2. The zero-order valence-electron chi connectivity index (χ0n) is 16.5. The number of carbonyl (C=O) groups excluding carboxylic acids is 4. The van der Waals surface area contributed by atoms with Gasteiger partial charge < -0.3 is 20.1 Å². The van der Waals surface area contributed by atoms with Gasteiger partial charge in [0.2, 0.25) is 12.7 Å². The largest absolute Gasteiger partial charge is 0.454 e. The molecule has 29 heavy (non-hydrogen) atoms. The Hall–Kier alpha value is -3.30. The molecule has 0 aromatic heterocycles. The van der Waals surface area contributed by atoms with E-state index in [2.05, 4.69) is 16.0 Å². The van der Waals surface area contributed by atoms with Crippen molar-refractivity contribution in [3.05, 3.63) is 23.8 Å². The average Bonchev–Trinajstić information content (AvgIpc) is 3.18. The average molecular weight is 404 g/mol. The number of rotatable bonds is 6.